The van der Waals surface area contributed by atoms with E-state index in [0.717, 1.165) is 53.4 Å². The molecule has 0 bridgehead atoms. The molecule has 0 radical (unpaired) electrons. The maximum atomic E-state index is 13.3. The number of fused-ring (bicyclic) bond motifs is 2. The minimum atomic E-state index is -0.573. The van der Waals surface area contributed by atoms with Crippen molar-refractivity contribution in [2.24, 2.45) is 5.92 Å². The Balaban J connectivity index is 1.38. The molecule has 3 N–H and O–H groups in total. The molecule has 1 aliphatic carbocycles. The number of carbonyl (C=O) groups excluding carboxylic acids is 1. The van der Waals surface area contributed by atoms with Crippen LogP contribution in [-0.4, -0.2) is 50.1 Å². The molecule has 1 aromatic carbocycles. The second kappa shape index (κ2) is 7.65. The van der Waals surface area contributed by atoms with Crippen molar-refractivity contribution < 1.29 is 9.90 Å². The third kappa shape index (κ3) is 3.39. The number of rotatable bonds is 3. The molecule has 1 aliphatic heterocycles. The first-order valence-electron chi connectivity index (χ1n) is 10.6. The monoisotopic (exact) mass is 403 g/mol. The minimum Gasteiger partial charge on any atom is -0.391 e. The van der Waals surface area contributed by atoms with Gasteiger partial charge in [0.25, 0.3) is 5.91 Å². The Morgan fingerprint density at radius 3 is 2.87 bits per heavy atom. The van der Waals surface area contributed by atoms with Crippen molar-refractivity contribution in [3.8, 4) is 0 Å². The predicted molar refractivity (Wildman–Crippen MR) is 114 cm³/mol. The molecule has 5 rings (SSSR count). The van der Waals surface area contributed by atoms with Crippen LogP contribution in [0.4, 0.5) is 5.95 Å². The molecule has 1 fully saturated rings. The van der Waals surface area contributed by atoms with Crippen molar-refractivity contribution in [3.05, 3.63) is 59.0 Å². The van der Waals surface area contributed by atoms with Gasteiger partial charge in [0.2, 0.25) is 5.95 Å². The quantitative estimate of drug-likeness (QED) is 0.694. The van der Waals surface area contributed by atoms with Crippen molar-refractivity contribution in [2.75, 3.05) is 18.8 Å². The van der Waals surface area contributed by atoms with Crippen LogP contribution in [-0.2, 0) is 19.3 Å². The van der Waals surface area contributed by atoms with Crippen LogP contribution in [0.5, 0.6) is 0 Å². The number of likely N-dealkylation sites (tertiary alicyclic amines) is 1. The Morgan fingerprint density at radius 1 is 1.13 bits per heavy atom. The largest absolute Gasteiger partial charge is 0.391 e. The fourth-order valence-corrected chi connectivity index (χ4v) is 4.78. The molecule has 154 valence electrons. The Morgan fingerprint density at radius 2 is 1.97 bits per heavy atom. The molecular formula is C23H25N5O2. The first-order valence-corrected chi connectivity index (χ1v) is 10.6. The third-order valence-corrected chi connectivity index (χ3v) is 6.32. The fraction of sp³-hybridized carbons (Fsp3) is 0.391. The number of para-hydroxylation sites is 1. The smallest absolute Gasteiger partial charge is 0.273 e. The lowest BCUT2D eigenvalue weighted by molar-refractivity contribution is 0.0757. The average molecular weight is 403 g/mol. The average Bonchev–Trinajstić information content (AvgIpc) is 3.13. The number of anilines is 1. The number of aliphatic hydroxyl groups excluding tert-OH is 1. The summed E-state index contributed by atoms with van der Waals surface area (Å²) in [6.07, 6.45) is 5.65. The lowest BCUT2D eigenvalue weighted by Gasteiger charge is -2.21. The van der Waals surface area contributed by atoms with E-state index < -0.39 is 6.10 Å². The zero-order valence-electron chi connectivity index (χ0n) is 16.8. The maximum absolute atomic E-state index is 13.3. The van der Waals surface area contributed by atoms with Gasteiger partial charge in [-0.05, 0) is 49.8 Å². The third-order valence-electron chi connectivity index (χ3n) is 6.32. The van der Waals surface area contributed by atoms with Crippen molar-refractivity contribution >= 4 is 22.8 Å². The lowest BCUT2D eigenvalue weighted by atomic mass is 9.94. The number of amides is 1. The second-order valence-electron chi connectivity index (χ2n) is 8.29. The number of carbonyl (C=O) groups is 1. The van der Waals surface area contributed by atoms with Crippen molar-refractivity contribution in [1.82, 2.24) is 19.9 Å². The van der Waals surface area contributed by atoms with Gasteiger partial charge in [-0.2, -0.15) is 0 Å². The van der Waals surface area contributed by atoms with Crippen LogP contribution in [0.3, 0.4) is 0 Å². The number of β-amino-alcohol motifs (C(OH)–C–C–N with tert-alkyl or cyclic N) is 1. The van der Waals surface area contributed by atoms with Crippen molar-refractivity contribution in [1.29, 1.82) is 0 Å². The first kappa shape index (κ1) is 18.9. The number of nitrogens with two attached hydrogens (primary N) is 1. The summed E-state index contributed by atoms with van der Waals surface area (Å²) < 4.78 is 0. The molecule has 0 spiro atoms. The van der Waals surface area contributed by atoms with E-state index in [2.05, 4.69) is 21.0 Å². The van der Waals surface area contributed by atoms with Crippen LogP contribution in [0, 0.1) is 5.92 Å². The van der Waals surface area contributed by atoms with E-state index in [1.165, 1.54) is 0 Å². The van der Waals surface area contributed by atoms with E-state index in [-0.39, 0.29) is 17.8 Å². The van der Waals surface area contributed by atoms with Crippen molar-refractivity contribution in [2.45, 2.75) is 38.2 Å². The normalized spacial score (nSPS) is 21.0. The minimum absolute atomic E-state index is 0.0326. The fourth-order valence-electron chi connectivity index (χ4n) is 4.78. The van der Waals surface area contributed by atoms with E-state index in [1.807, 2.05) is 24.3 Å². The van der Waals surface area contributed by atoms with Crippen LogP contribution in [0.15, 0.2) is 36.5 Å². The topological polar surface area (TPSA) is 105 Å². The van der Waals surface area contributed by atoms with Gasteiger partial charge in [-0.3, -0.25) is 9.78 Å². The van der Waals surface area contributed by atoms with Gasteiger partial charge in [-0.25, -0.2) is 9.97 Å². The van der Waals surface area contributed by atoms with Gasteiger partial charge < -0.3 is 15.7 Å². The Labute approximate surface area is 175 Å². The molecule has 1 saturated heterocycles. The van der Waals surface area contributed by atoms with Gasteiger partial charge in [0.05, 0.1) is 11.6 Å². The van der Waals surface area contributed by atoms with Gasteiger partial charge in [-0.15, -0.1) is 0 Å². The van der Waals surface area contributed by atoms with Crippen LogP contribution < -0.4 is 5.73 Å². The summed E-state index contributed by atoms with van der Waals surface area (Å²) in [6.45, 7) is 0.806. The Hall–Kier alpha value is -3.06. The highest BCUT2D eigenvalue weighted by Crippen LogP contribution is 2.28. The molecular weight excluding hydrogens is 378 g/mol. The summed E-state index contributed by atoms with van der Waals surface area (Å²) in [6, 6.07) is 10.0. The first-order chi connectivity index (χ1) is 14.6. The second-order valence-corrected chi connectivity index (χ2v) is 8.29. The van der Waals surface area contributed by atoms with Gasteiger partial charge >= 0.3 is 0 Å². The molecule has 3 aromatic rings. The predicted octanol–water partition coefficient (Wildman–Crippen LogP) is 2.16. The van der Waals surface area contributed by atoms with Crippen LogP contribution in [0.1, 0.15) is 40.2 Å². The molecule has 7 nitrogen and oxygen atoms in total. The molecule has 2 aliphatic rings. The van der Waals surface area contributed by atoms with Gasteiger partial charge in [0.15, 0.2) is 0 Å². The van der Waals surface area contributed by atoms with Gasteiger partial charge in [-0.1, -0.05) is 18.2 Å². The molecule has 2 atom stereocenters. The maximum Gasteiger partial charge on any atom is 0.273 e. The number of hydrogen-bond acceptors (Lipinski definition) is 6. The van der Waals surface area contributed by atoms with E-state index in [4.69, 9.17) is 5.73 Å². The SMILES string of the molecule is Nc1nc2c(c(C(=O)N3C[C@@H](Cc4ccnc5ccccc45)[C@H](O)C3)n1)CCCC2. The highest BCUT2D eigenvalue weighted by molar-refractivity contribution is 5.94. The number of nitrogen functional groups attached to an aromatic ring is 1. The van der Waals surface area contributed by atoms with Gasteiger partial charge in [0, 0.05) is 41.8 Å². The van der Waals surface area contributed by atoms with E-state index >= 15 is 0 Å². The van der Waals surface area contributed by atoms with Gasteiger partial charge in [0.1, 0.15) is 5.69 Å². The summed E-state index contributed by atoms with van der Waals surface area (Å²) in [5.41, 5.74) is 10.2. The number of benzene rings is 1. The molecule has 2 aromatic heterocycles. The summed E-state index contributed by atoms with van der Waals surface area (Å²) >= 11 is 0. The zero-order chi connectivity index (χ0) is 20.7. The zero-order valence-corrected chi connectivity index (χ0v) is 16.8. The molecule has 0 unspecified atom stereocenters. The summed E-state index contributed by atoms with van der Waals surface area (Å²) in [5, 5.41) is 11.8. The lowest BCUT2D eigenvalue weighted by Crippen LogP contribution is -2.32. The number of hydrogen-bond donors (Lipinski definition) is 2. The van der Waals surface area contributed by atoms with Crippen LogP contribution in [0.2, 0.25) is 0 Å². The standard InChI is InChI=1S/C23H25N5O2/c24-23-26-19-8-4-2-6-17(19)21(27-23)22(30)28-12-15(20(29)13-28)11-14-9-10-25-18-7-3-1-5-16(14)18/h1,3,5,7,9-10,15,20,29H,2,4,6,8,11-13H2,(H2,24,26,27)/t15-,20-/m1/s1. The summed E-state index contributed by atoms with van der Waals surface area (Å²) in [5.74, 6) is -0.0308. The van der Waals surface area contributed by atoms with E-state index in [1.54, 1.807) is 11.1 Å². The number of nitrogens with zero attached hydrogens (tertiary/aromatic N) is 4. The number of aryl methyl sites for hydroxylation is 1. The molecule has 1 amide bonds. The highest BCUT2D eigenvalue weighted by Gasteiger charge is 2.36. The molecule has 3 heterocycles. The molecule has 30 heavy (non-hydrogen) atoms. The Bertz CT molecular complexity index is 1110. The number of aromatic nitrogens is 3. The van der Waals surface area contributed by atoms with Crippen molar-refractivity contribution in [3.63, 3.8) is 0 Å². The van der Waals surface area contributed by atoms with Crippen LogP contribution >= 0.6 is 0 Å². The highest BCUT2D eigenvalue weighted by atomic mass is 16.3. The summed E-state index contributed by atoms with van der Waals surface area (Å²) in [4.78, 5) is 28.0. The molecule has 0 saturated carbocycles. The van der Waals surface area contributed by atoms with E-state index in [9.17, 15) is 9.90 Å². The van der Waals surface area contributed by atoms with Crippen LogP contribution in [0.25, 0.3) is 10.9 Å². The Kier molecular flexibility index (Phi) is 4.83. The summed E-state index contributed by atoms with van der Waals surface area (Å²) in [7, 11) is 0. The number of aliphatic hydroxyl groups is 1. The number of pyridine rings is 1. The molecule has 7 heteroatoms. The van der Waals surface area contributed by atoms with E-state index in [0.29, 0.717) is 25.2 Å².